The molecule has 0 saturated heterocycles. The van der Waals surface area contributed by atoms with Gasteiger partial charge in [0, 0.05) is 6.07 Å². The Morgan fingerprint density at radius 1 is 1.40 bits per heavy atom. The first-order valence-electron chi connectivity index (χ1n) is 5.93. The smallest absolute Gasteiger partial charge is 0.360 e. The van der Waals surface area contributed by atoms with Crippen LogP contribution < -0.4 is 10.5 Å². The van der Waals surface area contributed by atoms with E-state index in [1.54, 1.807) is 6.07 Å². The van der Waals surface area contributed by atoms with Gasteiger partial charge in [-0.25, -0.2) is 19.4 Å². The van der Waals surface area contributed by atoms with Crippen molar-refractivity contribution >= 4 is 11.7 Å². The number of methoxy groups -OCH3 is 1. The van der Waals surface area contributed by atoms with Gasteiger partial charge < -0.3 is 15.2 Å². The number of carbonyl (C=O) groups excluding carboxylic acids is 1. The molecule has 0 aliphatic heterocycles. The lowest BCUT2D eigenvalue weighted by molar-refractivity contribution is 0.0594. The van der Waals surface area contributed by atoms with Gasteiger partial charge in [-0.05, 0) is 13.8 Å². The van der Waals surface area contributed by atoms with Crippen molar-refractivity contribution in [3.8, 4) is 11.7 Å². The average molecular weight is 277 g/mol. The van der Waals surface area contributed by atoms with Crippen LogP contribution in [0, 0.1) is 0 Å². The molecule has 0 fully saturated rings. The van der Waals surface area contributed by atoms with Crippen LogP contribution in [-0.4, -0.2) is 38.9 Å². The van der Waals surface area contributed by atoms with Gasteiger partial charge in [0.1, 0.15) is 6.33 Å². The van der Waals surface area contributed by atoms with Crippen molar-refractivity contribution in [3.63, 3.8) is 0 Å². The minimum absolute atomic E-state index is 0.00827. The molecule has 20 heavy (non-hydrogen) atoms. The summed E-state index contributed by atoms with van der Waals surface area (Å²) in [6.07, 6.45) is 2.82. The number of carbonyl (C=O) groups is 1. The molecule has 106 valence electrons. The number of ether oxygens (including phenoxy) is 2. The number of rotatable bonds is 4. The highest BCUT2D eigenvalue weighted by atomic mass is 16.5. The molecule has 0 spiro atoms. The number of nitrogen functional groups attached to an aromatic ring is 1. The molecule has 8 nitrogen and oxygen atoms in total. The SMILES string of the molecule is COC(=O)c1nn(-c2cc(OC(C)C)ncn2)cc1N. The first-order valence-corrected chi connectivity index (χ1v) is 5.93. The molecule has 0 atom stereocenters. The molecule has 2 N–H and O–H groups in total. The van der Waals surface area contributed by atoms with Crippen molar-refractivity contribution < 1.29 is 14.3 Å². The van der Waals surface area contributed by atoms with Crippen LogP contribution in [0.1, 0.15) is 24.3 Å². The molecular weight excluding hydrogens is 262 g/mol. The van der Waals surface area contributed by atoms with Crippen molar-refractivity contribution in [2.24, 2.45) is 0 Å². The number of anilines is 1. The van der Waals surface area contributed by atoms with Crippen LogP contribution in [0.3, 0.4) is 0 Å². The summed E-state index contributed by atoms with van der Waals surface area (Å²) in [5.74, 6) is 0.255. The van der Waals surface area contributed by atoms with E-state index in [0.29, 0.717) is 11.7 Å². The summed E-state index contributed by atoms with van der Waals surface area (Å²) in [6, 6.07) is 1.60. The second-order valence-corrected chi connectivity index (χ2v) is 4.25. The molecule has 0 unspecified atom stereocenters. The highest BCUT2D eigenvalue weighted by Gasteiger charge is 2.16. The molecule has 8 heteroatoms. The molecule has 0 bridgehead atoms. The highest BCUT2D eigenvalue weighted by Crippen LogP contribution is 2.16. The monoisotopic (exact) mass is 277 g/mol. The van der Waals surface area contributed by atoms with Crippen molar-refractivity contribution in [1.82, 2.24) is 19.7 Å². The Bertz CT molecular complexity index is 623. The highest BCUT2D eigenvalue weighted by molar-refractivity contribution is 5.92. The van der Waals surface area contributed by atoms with E-state index in [4.69, 9.17) is 10.5 Å². The molecule has 2 aromatic rings. The maximum atomic E-state index is 11.5. The topological polar surface area (TPSA) is 105 Å². The number of nitrogens with zero attached hydrogens (tertiary/aromatic N) is 4. The van der Waals surface area contributed by atoms with E-state index < -0.39 is 5.97 Å². The first kappa shape index (κ1) is 13.8. The maximum Gasteiger partial charge on any atom is 0.360 e. The Kier molecular flexibility index (Phi) is 3.83. The Morgan fingerprint density at radius 2 is 2.15 bits per heavy atom. The molecule has 0 aliphatic rings. The van der Waals surface area contributed by atoms with Gasteiger partial charge in [0.05, 0.1) is 25.1 Å². The Morgan fingerprint density at radius 3 is 2.80 bits per heavy atom. The third-order valence-corrected chi connectivity index (χ3v) is 2.34. The van der Waals surface area contributed by atoms with Gasteiger partial charge >= 0.3 is 5.97 Å². The maximum absolute atomic E-state index is 11.5. The number of hydrogen-bond donors (Lipinski definition) is 1. The van der Waals surface area contributed by atoms with E-state index in [-0.39, 0.29) is 17.5 Å². The zero-order chi connectivity index (χ0) is 14.7. The minimum atomic E-state index is -0.603. The summed E-state index contributed by atoms with van der Waals surface area (Å²) in [6.45, 7) is 3.78. The average Bonchev–Trinajstić information content (AvgIpc) is 2.79. The van der Waals surface area contributed by atoms with Crippen molar-refractivity contribution in [2.75, 3.05) is 12.8 Å². The van der Waals surface area contributed by atoms with Crippen LogP contribution in [0.25, 0.3) is 5.82 Å². The van der Waals surface area contributed by atoms with Gasteiger partial charge in [-0.1, -0.05) is 0 Å². The largest absolute Gasteiger partial charge is 0.475 e. The number of aromatic nitrogens is 4. The lowest BCUT2D eigenvalue weighted by atomic mass is 10.4. The summed E-state index contributed by atoms with van der Waals surface area (Å²) in [7, 11) is 1.26. The molecule has 2 rings (SSSR count). The fourth-order valence-electron chi connectivity index (χ4n) is 1.52. The number of hydrogen-bond acceptors (Lipinski definition) is 7. The second kappa shape index (κ2) is 5.55. The predicted octanol–water partition coefficient (Wildman–Crippen LogP) is 0.818. The lowest BCUT2D eigenvalue weighted by Crippen LogP contribution is -2.09. The van der Waals surface area contributed by atoms with Crippen LogP contribution in [0.2, 0.25) is 0 Å². The summed E-state index contributed by atoms with van der Waals surface area (Å²) in [5, 5.41) is 4.04. The van der Waals surface area contributed by atoms with Gasteiger partial charge in [-0.2, -0.15) is 5.10 Å². The molecular formula is C12H15N5O3. The minimum Gasteiger partial charge on any atom is -0.475 e. The van der Waals surface area contributed by atoms with E-state index in [2.05, 4.69) is 19.8 Å². The molecule has 0 aromatic carbocycles. The van der Waals surface area contributed by atoms with E-state index in [9.17, 15) is 4.79 Å². The lowest BCUT2D eigenvalue weighted by Gasteiger charge is -2.08. The normalized spacial score (nSPS) is 10.6. The van der Waals surface area contributed by atoms with E-state index in [0.717, 1.165) is 0 Å². The van der Waals surface area contributed by atoms with Crippen molar-refractivity contribution in [2.45, 2.75) is 20.0 Å². The predicted molar refractivity (Wildman–Crippen MR) is 70.7 cm³/mol. The molecule has 0 aliphatic carbocycles. The van der Waals surface area contributed by atoms with Crippen LogP contribution in [-0.2, 0) is 4.74 Å². The summed E-state index contributed by atoms with van der Waals surface area (Å²) in [5.41, 5.74) is 5.96. The molecule has 2 aromatic heterocycles. The fourth-order valence-corrected chi connectivity index (χ4v) is 1.52. The Balaban J connectivity index is 2.34. The molecule has 0 radical (unpaired) electrons. The van der Waals surface area contributed by atoms with E-state index in [1.807, 2.05) is 13.8 Å². The summed E-state index contributed by atoms with van der Waals surface area (Å²) < 4.78 is 11.4. The molecule has 0 amide bonds. The van der Waals surface area contributed by atoms with Gasteiger partial charge in [0.25, 0.3) is 0 Å². The zero-order valence-corrected chi connectivity index (χ0v) is 11.4. The summed E-state index contributed by atoms with van der Waals surface area (Å²) >= 11 is 0. The van der Waals surface area contributed by atoms with Crippen LogP contribution in [0.5, 0.6) is 5.88 Å². The standard InChI is InChI=1S/C12H15N5O3/c1-7(2)20-10-4-9(14-6-15-10)17-5-8(13)11(16-17)12(18)19-3/h4-7H,13H2,1-3H3. The van der Waals surface area contributed by atoms with E-state index in [1.165, 1.54) is 24.3 Å². The molecule has 0 saturated carbocycles. The summed E-state index contributed by atoms with van der Waals surface area (Å²) in [4.78, 5) is 19.5. The number of esters is 1. The Hall–Kier alpha value is -2.64. The molecule has 2 heterocycles. The van der Waals surface area contributed by atoms with Crippen LogP contribution >= 0.6 is 0 Å². The van der Waals surface area contributed by atoms with Gasteiger partial charge in [-0.15, -0.1) is 0 Å². The van der Waals surface area contributed by atoms with Gasteiger partial charge in [-0.3, -0.25) is 0 Å². The van der Waals surface area contributed by atoms with Crippen LogP contribution in [0.15, 0.2) is 18.6 Å². The van der Waals surface area contributed by atoms with E-state index >= 15 is 0 Å². The number of nitrogens with two attached hydrogens (primary N) is 1. The quantitative estimate of drug-likeness (QED) is 0.824. The van der Waals surface area contributed by atoms with Crippen LogP contribution in [0.4, 0.5) is 5.69 Å². The van der Waals surface area contributed by atoms with Crippen molar-refractivity contribution in [3.05, 3.63) is 24.3 Å². The zero-order valence-electron chi connectivity index (χ0n) is 11.4. The van der Waals surface area contributed by atoms with Gasteiger partial charge in [0.2, 0.25) is 5.88 Å². The third-order valence-electron chi connectivity index (χ3n) is 2.34. The third kappa shape index (κ3) is 2.85. The fraction of sp³-hybridized carbons (Fsp3) is 0.333. The first-order chi connectivity index (χ1) is 9.51. The Labute approximate surface area is 115 Å². The van der Waals surface area contributed by atoms with Crippen molar-refractivity contribution in [1.29, 1.82) is 0 Å². The second-order valence-electron chi connectivity index (χ2n) is 4.25. The van der Waals surface area contributed by atoms with Gasteiger partial charge in [0.15, 0.2) is 11.5 Å².